The van der Waals surface area contributed by atoms with Crippen molar-refractivity contribution in [2.45, 2.75) is 33.9 Å². The summed E-state index contributed by atoms with van der Waals surface area (Å²) in [5.41, 5.74) is 2.26. The van der Waals surface area contributed by atoms with Crippen molar-refractivity contribution in [3.8, 4) is 0 Å². The average Bonchev–Trinajstić information content (AvgIpc) is 3.08. The van der Waals surface area contributed by atoms with E-state index >= 15 is 0 Å². The summed E-state index contributed by atoms with van der Waals surface area (Å²) in [5.74, 6) is 0.527. The van der Waals surface area contributed by atoms with Crippen LogP contribution in [0.4, 0.5) is 0 Å². The summed E-state index contributed by atoms with van der Waals surface area (Å²) < 4.78 is 5.37. The third-order valence-corrected chi connectivity index (χ3v) is 4.26. The lowest BCUT2D eigenvalue weighted by molar-refractivity contribution is -0.136. The van der Waals surface area contributed by atoms with Crippen molar-refractivity contribution in [3.05, 3.63) is 69.9 Å². The number of benzene rings is 1. The Labute approximate surface area is 146 Å². The van der Waals surface area contributed by atoms with Crippen LogP contribution in [0.2, 0.25) is 0 Å². The van der Waals surface area contributed by atoms with Crippen LogP contribution in [0.1, 0.15) is 30.7 Å². The highest BCUT2D eigenvalue weighted by Gasteiger charge is 2.20. The summed E-state index contributed by atoms with van der Waals surface area (Å²) in [5, 5.41) is 0.963. The van der Waals surface area contributed by atoms with Crippen LogP contribution in [-0.2, 0) is 17.9 Å². The number of nitrogens with one attached hydrogen (secondary N) is 1. The first kappa shape index (κ1) is 17.0. The first-order valence-electron chi connectivity index (χ1n) is 8.38. The molecule has 0 unspecified atom stereocenters. The maximum Gasteiger partial charge on any atom is 0.253 e. The summed E-state index contributed by atoms with van der Waals surface area (Å²) in [4.78, 5) is 29.7. The molecule has 25 heavy (non-hydrogen) atoms. The Morgan fingerprint density at radius 1 is 1.20 bits per heavy atom. The summed E-state index contributed by atoms with van der Waals surface area (Å²) in [6.07, 6.45) is 1.58. The molecule has 2 aromatic heterocycles. The zero-order chi connectivity index (χ0) is 18.0. The van der Waals surface area contributed by atoms with E-state index in [0.717, 1.165) is 16.5 Å². The van der Waals surface area contributed by atoms with E-state index in [-0.39, 0.29) is 23.9 Å². The molecule has 1 N–H and O–H groups in total. The van der Waals surface area contributed by atoms with Crippen LogP contribution in [0.25, 0.3) is 10.9 Å². The number of hydrogen-bond donors (Lipinski definition) is 1. The maximum atomic E-state index is 12.6. The molecule has 0 aliphatic carbocycles. The minimum absolute atomic E-state index is 0.0138. The summed E-state index contributed by atoms with van der Waals surface area (Å²) in [6.45, 7) is 6.26. The molecular weight excluding hydrogens is 316 g/mol. The molecule has 0 aliphatic heterocycles. The molecular formula is C20H22N2O3. The largest absolute Gasteiger partial charge is 0.467 e. The minimum Gasteiger partial charge on any atom is -0.467 e. The molecule has 1 amide bonds. The first-order valence-corrected chi connectivity index (χ1v) is 8.38. The molecule has 5 heteroatoms. The maximum absolute atomic E-state index is 12.6. The quantitative estimate of drug-likeness (QED) is 0.773. The Bertz CT molecular complexity index is 939. The molecule has 0 saturated carbocycles. The second kappa shape index (κ2) is 6.97. The van der Waals surface area contributed by atoms with Gasteiger partial charge in [-0.3, -0.25) is 9.59 Å². The van der Waals surface area contributed by atoms with Crippen LogP contribution in [0.15, 0.2) is 51.9 Å². The van der Waals surface area contributed by atoms with Crippen molar-refractivity contribution >= 4 is 16.8 Å². The molecule has 0 spiro atoms. The van der Waals surface area contributed by atoms with Gasteiger partial charge in [0.05, 0.1) is 24.9 Å². The van der Waals surface area contributed by atoms with Crippen molar-refractivity contribution in [3.63, 3.8) is 0 Å². The lowest BCUT2D eigenvalue weighted by Gasteiger charge is -2.23. The highest BCUT2D eigenvalue weighted by atomic mass is 16.3. The minimum atomic E-state index is -0.164. The van der Waals surface area contributed by atoms with E-state index in [1.54, 1.807) is 17.2 Å². The number of carbonyl (C=O) groups excluding carboxylic acids is 1. The number of H-pyrrole nitrogens is 1. The molecule has 0 bridgehead atoms. The van der Waals surface area contributed by atoms with Gasteiger partial charge in [0, 0.05) is 11.5 Å². The van der Waals surface area contributed by atoms with E-state index in [1.165, 1.54) is 0 Å². The van der Waals surface area contributed by atoms with Gasteiger partial charge >= 0.3 is 0 Å². The van der Waals surface area contributed by atoms with Crippen molar-refractivity contribution in [2.24, 2.45) is 5.92 Å². The number of furan rings is 1. The Hall–Kier alpha value is -2.82. The molecule has 130 valence electrons. The van der Waals surface area contributed by atoms with Crippen LogP contribution in [-0.4, -0.2) is 15.8 Å². The molecule has 0 radical (unpaired) electrons. The van der Waals surface area contributed by atoms with Gasteiger partial charge in [0.1, 0.15) is 5.76 Å². The molecule has 3 aromatic rings. The van der Waals surface area contributed by atoms with Crippen LogP contribution in [0.3, 0.4) is 0 Å². The molecule has 0 fully saturated rings. The number of hydrogen-bond acceptors (Lipinski definition) is 3. The molecule has 5 nitrogen and oxygen atoms in total. The van der Waals surface area contributed by atoms with Crippen LogP contribution < -0.4 is 5.56 Å². The number of carbonyl (C=O) groups is 1. The zero-order valence-electron chi connectivity index (χ0n) is 14.7. The van der Waals surface area contributed by atoms with E-state index in [1.807, 2.05) is 51.1 Å². The van der Waals surface area contributed by atoms with E-state index < -0.39 is 0 Å². The smallest absolute Gasteiger partial charge is 0.253 e. The fourth-order valence-corrected chi connectivity index (χ4v) is 2.92. The Morgan fingerprint density at radius 3 is 2.68 bits per heavy atom. The van der Waals surface area contributed by atoms with E-state index in [0.29, 0.717) is 17.9 Å². The molecule has 1 aromatic carbocycles. The van der Waals surface area contributed by atoms with E-state index in [9.17, 15) is 9.59 Å². The number of aromatic nitrogens is 1. The van der Waals surface area contributed by atoms with Crippen molar-refractivity contribution in [1.82, 2.24) is 9.88 Å². The van der Waals surface area contributed by atoms with Gasteiger partial charge in [-0.25, -0.2) is 0 Å². The van der Waals surface area contributed by atoms with Gasteiger partial charge in [-0.05, 0) is 36.1 Å². The van der Waals surface area contributed by atoms with Crippen LogP contribution in [0, 0.1) is 12.8 Å². The predicted octanol–water partition coefficient (Wildman–Crippen LogP) is 3.61. The topological polar surface area (TPSA) is 66.3 Å². The fraction of sp³-hybridized carbons (Fsp3) is 0.300. The number of amides is 1. The fourth-order valence-electron chi connectivity index (χ4n) is 2.92. The third-order valence-electron chi connectivity index (χ3n) is 4.26. The highest BCUT2D eigenvalue weighted by molar-refractivity contribution is 5.82. The highest BCUT2D eigenvalue weighted by Crippen LogP contribution is 2.17. The van der Waals surface area contributed by atoms with Gasteiger partial charge < -0.3 is 14.3 Å². The van der Waals surface area contributed by atoms with Crippen LogP contribution >= 0.6 is 0 Å². The van der Waals surface area contributed by atoms with E-state index in [4.69, 9.17) is 4.42 Å². The standard InChI is InChI=1S/C20H22N2O3/c1-13(2)20(24)22(12-17-8-5-9-25-17)11-16-10-15-7-4-6-14(3)18(15)21-19(16)23/h4-10,13H,11-12H2,1-3H3,(H,21,23). The molecule has 0 saturated heterocycles. The predicted molar refractivity (Wildman–Crippen MR) is 97.1 cm³/mol. The van der Waals surface area contributed by atoms with Gasteiger partial charge in [0.25, 0.3) is 5.56 Å². The lowest BCUT2D eigenvalue weighted by Crippen LogP contribution is -2.35. The van der Waals surface area contributed by atoms with Crippen molar-refractivity contribution in [1.29, 1.82) is 0 Å². The Kier molecular flexibility index (Phi) is 4.74. The Balaban J connectivity index is 1.96. The Morgan fingerprint density at radius 2 is 2.00 bits per heavy atom. The summed E-state index contributed by atoms with van der Waals surface area (Å²) in [6, 6.07) is 11.4. The summed E-state index contributed by atoms with van der Waals surface area (Å²) in [7, 11) is 0. The monoisotopic (exact) mass is 338 g/mol. The summed E-state index contributed by atoms with van der Waals surface area (Å²) >= 11 is 0. The SMILES string of the molecule is Cc1cccc2cc(CN(Cc3ccco3)C(=O)C(C)C)c(=O)[nH]c12. The van der Waals surface area contributed by atoms with Gasteiger partial charge in [0.15, 0.2) is 0 Å². The first-order chi connectivity index (χ1) is 12.0. The van der Waals surface area contributed by atoms with E-state index in [2.05, 4.69) is 4.98 Å². The molecule has 2 heterocycles. The second-order valence-electron chi connectivity index (χ2n) is 6.59. The molecule has 0 atom stereocenters. The van der Waals surface area contributed by atoms with Gasteiger partial charge in [-0.2, -0.15) is 0 Å². The number of aromatic amines is 1. The van der Waals surface area contributed by atoms with Crippen molar-refractivity contribution in [2.75, 3.05) is 0 Å². The molecule has 3 rings (SSSR count). The normalized spacial score (nSPS) is 11.2. The number of nitrogens with zero attached hydrogens (tertiary/aromatic N) is 1. The number of pyridine rings is 1. The second-order valence-corrected chi connectivity index (χ2v) is 6.59. The zero-order valence-corrected chi connectivity index (χ0v) is 14.7. The number of para-hydroxylation sites is 1. The van der Waals surface area contributed by atoms with Crippen LogP contribution in [0.5, 0.6) is 0 Å². The van der Waals surface area contributed by atoms with Crippen molar-refractivity contribution < 1.29 is 9.21 Å². The lowest BCUT2D eigenvalue weighted by atomic mass is 10.1. The van der Waals surface area contributed by atoms with Gasteiger partial charge in [0.2, 0.25) is 5.91 Å². The average molecular weight is 338 g/mol. The van der Waals surface area contributed by atoms with Gasteiger partial charge in [-0.1, -0.05) is 32.0 Å². The third kappa shape index (κ3) is 3.65. The van der Waals surface area contributed by atoms with Gasteiger partial charge in [-0.15, -0.1) is 0 Å². The number of fused-ring (bicyclic) bond motifs is 1. The number of rotatable bonds is 5. The molecule has 0 aliphatic rings. The number of aryl methyl sites for hydroxylation is 1.